The van der Waals surface area contributed by atoms with E-state index in [1.54, 1.807) is 13.0 Å². The summed E-state index contributed by atoms with van der Waals surface area (Å²) in [6, 6.07) is 4.19. The van der Waals surface area contributed by atoms with Crippen LogP contribution < -0.4 is 0 Å². The molecule has 0 radical (unpaired) electrons. The molecular weight excluding hydrogens is 189 g/mol. The maximum absolute atomic E-state index is 13.3. The quantitative estimate of drug-likeness (QED) is 0.641. The summed E-state index contributed by atoms with van der Waals surface area (Å²) in [5.41, 5.74) is 0.222. The van der Waals surface area contributed by atoms with Crippen molar-refractivity contribution < 1.29 is 13.2 Å². The predicted molar refractivity (Wildman–Crippen MR) is 48.6 cm³/mol. The fraction of sp³-hybridized carbons (Fsp3) is 0.273. The van der Waals surface area contributed by atoms with Crippen LogP contribution in [0.1, 0.15) is 30.4 Å². The second-order valence-electron chi connectivity index (χ2n) is 3.33. The van der Waals surface area contributed by atoms with Gasteiger partial charge in [-0.15, -0.1) is 0 Å². The largest absolute Gasteiger partial charge is 0.208 e. The zero-order valence-corrected chi connectivity index (χ0v) is 7.65. The van der Waals surface area contributed by atoms with Crippen LogP contribution in [-0.4, -0.2) is 0 Å². The first kappa shape index (κ1) is 9.31. The van der Waals surface area contributed by atoms with E-state index in [4.69, 9.17) is 0 Å². The third-order valence-corrected chi connectivity index (χ3v) is 2.56. The number of allylic oxidation sites excluding steroid dienone is 1. The van der Waals surface area contributed by atoms with E-state index in [9.17, 15) is 13.2 Å². The molecule has 74 valence electrons. The van der Waals surface area contributed by atoms with Crippen molar-refractivity contribution in [3.05, 3.63) is 41.0 Å². The Balaban J connectivity index is 2.66. The van der Waals surface area contributed by atoms with Crippen LogP contribution >= 0.6 is 0 Å². The monoisotopic (exact) mass is 198 g/mol. The van der Waals surface area contributed by atoms with Crippen LogP contribution in [0.25, 0.3) is 5.83 Å². The van der Waals surface area contributed by atoms with Gasteiger partial charge in [0, 0.05) is 5.92 Å². The Hall–Kier alpha value is -1.25. The Morgan fingerprint density at radius 3 is 2.57 bits per heavy atom. The minimum Gasteiger partial charge on any atom is -0.208 e. The number of benzene rings is 1. The number of hydrogen-bond acceptors (Lipinski definition) is 0. The molecule has 0 aliphatic heterocycles. The van der Waals surface area contributed by atoms with Gasteiger partial charge in [0.25, 0.3) is 0 Å². The number of rotatable bonds is 1. The van der Waals surface area contributed by atoms with Crippen molar-refractivity contribution in [2.24, 2.45) is 0 Å². The lowest BCUT2D eigenvalue weighted by Gasteiger charge is -2.07. The average molecular weight is 198 g/mol. The lowest BCUT2D eigenvalue weighted by atomic mass is 9.98. The summed E-state index contributed by atoms with van der Waals surface area (Å²) in [5.74, 6) is -3.18. The van der Waals surface area contributed by atoms with Gasteiger partial charge in [-0.3, -0.25) is 0 Å². The van der Waals surface area contributed by atoms with Gasteiger partial charge in [-0.1, -0.05) is 19.1 Å². The molecule has 1 aromatic carbocycles. The summed E-state index contributed by atoms with van der Waals surface area (Å²) in [6.45, 7) is 1.75. The Morgan fingerprint density at radius 1 is 1.21 bits per heavy atom. The SMILES string of the molecule is CCC1C(F)=C(F)c2c(F)cccc21. The topological polar surface area (TPSA) is 0 Å². The van der Waals surface area contributed by atoms with E-state index in [0.717, 1.165) is 6.07 Å². The fourth-order valence-corrected chi connectivity index (χ4v) is 1.87. The molecule has 0 heterocycles. The number of fused-ring (bicyclic) bond motifs is 1. The van der Waals surface area contributed by atoms with Gasteiger partial charge >= 0.3 is 0 Å². The maximum atomic E-state index is 13.3. The summed E-state index contributed by atoms with van der Waals surface area (Å²) in [5, 5.41) is 0. The van der Waals surface area contributed by atoms with E-state index >= 15 is 0 Å². The molecule has 0 N–H and O–H groups in total. The lowest BCUT2D eigenvalue weighted by Crippen LogP contribution is -1.94. The smallest absolute Gasteiger partial charge is 0.165 e. The average Bonchev–Trinajstić information content (AvgIpc) is 2.41. The van der Waals surface area contributed by atoms with E-state index in [1.165, 1.54) is 6.07 Å². The Bertz CT molecular complexity index is 407. The molecule has 1 aliphatic rings. The van der Waals surface area contributed by atoms with Crippen LogP contribution in [0.4, 0.5) is 13.2 Å². The predicted octanol–water partition coefficient (Wildman–Crippen LogP) is 3.94. The van der Waals surface area contributed by atoms with Gasteiger partial charge in [-0.05, 0) is 18.1 Å². The zero-order chi connectivity index (χ0) is 10.3. The van der Waals surface area contributed by atoms with Gasteiger partial charge in [0.05, 0.1) is 5.56 Å². The second-order valence-corrected chi connectivity index (χ2v) is 3.33. The molecule has 0 aromatic heterocycles. The molecule has 1 unspecified atom stereocenters. The normalized spacial score (nSPS) is 20.1. The van der Waals surface area contributed by atoms with Crippen LogP contribution in [0.15, 0.2) is 24.0 Å². The van der Waals surface area contributed by atoms with Crippen molar-refractivity contribution >= 4 is 5.83 Å². The van der Waals surface area contributed by atoms with Gasteiger partial charge in [0.2, 0.25) is 0 Å². The first-order valence-corrected chi connectivity index (χ1v) is 4.50. The van der Waals surface area contributed by atoms with E-state index in [-0.39, 0.29) is 5.56 Å². The highest BCUT2D eigenvalue weighted by Gasteiger charge is 2.33. The van der Waals surface area contributed by atoms with Crippen molar-refractivity contribution in [1.82, 2.24) is 0 Å². The molecule has 0 amide bonds. The molecule has 0 saturated heterocycles. The van der Waals surface area contributed by atoms with E-state index in [2.05, 4.69) is 0 Å². The van der Waals surface area contributed by atoms with Crippen molar-refractivity contribution in [2.45, 2.75) is 19.3 Å². The molecular formula is C11H9F3. The van der Waals surface area contributed by atoms with Gasteiger partial charge in [-0.25, -0.2) is 13.2 Å². The van der Waals surface area contributed by atoms with Gasteiger partial charge in [0.15, 0.2) is 5.83 Å². The molecule has 1 atom stereocenters. The van der Waals surface area contributed by atoms with Crippen molar-refractivity contribution in [1.29, 1.82) is 0 Å². The molecule has 0 nitrogen and oxygen atoms in total. The third kappa shape index (κ3) is 1.08. The summed E-state index contributed by atoms with van der Waals surface area (Å²) in [7, 11) is 0. The van der Waals surface area contributed by atoms with E-state index < -0.39 is 23.4 Å². The fourth-order valence-electron chi connectivity index (χ4n) is 1.87. The number of hydrogen-bond donors (Lipinski definition) is 0. The Labute approximate surface area is 80.1 Å². The third-order valence-electron chi connectivity index (χ3n) is 2.56. The van der Waals surface area contributed by atoms with Crippen LogP contribution in [0, 0.1) is 5.82 Å². The van der Waals surface area contributed by atoms with Crippen molar-refractivity contribution in [3.63, 3.8) is 0 Å². The summed E-state index contributed by atoms with van der Waals surface area (Å²) >= 11 is 0. The Morgan fingerprint density at radius 2 is 1.93 bits per heavy atom. The standard InChI is InChI=1S/C11H9F3/c1-2-6-7-4-3-5-8(12)9(7)11(14)10(6)13/h3-6H,2H2,1H3. The Kier molecular flexibility index (Phi) is 2.10. The molecule has 3 heteroatoms. The molecule has 0 saturated carbocycles. The first-order chi connectivity index (χ1) is 6.66. The summed E-state index contributed by atoms with van der Waals surface area (Å²) in [6.07, 6.45) is 0.440. The highest BCUT2D eigenvalue weighted by molar-refractivity contribution is 5.72. The van der Waals surface area contributed by atoms with Gasteiger partial charge < -0.3 is 0 Å². The maximum Gasteiger partial charge on any atom is 0.165 e. The highest BCUT2D eigenvalue weighted by atomic mass is 19.2. The molecule has 0 bridgehead atoms. The second kappa shape index (κ2) is 3.15. The van der Waals surface area contributed by atoms with Crippen LogP contribution in [0.2, 0.25) is 0 Å². The summed E-state index contributed by atoms with van der Waals surface area (Å²) < 4.78 is 39.7. The molecule has 2 rings (SSSR count). The lowest BCUT2D eigenvalue weighted by molar-refractivity contribution is 0.532. The van der Waals surface area contributed by atoms with Gasteiger partial charge in [-0.2, -0.15) is 0 Å². The van der Waals surface area contributed by atoms with E-state index in [0.29, 0.717) is 12.0 Å². The minimum atomic E-state index is -1.04. The highest BCUT2D eigenvalue weighted by Crippen LogP contribution is 2.45. The molecule has 1 aromatic rings. The zero-order valence-electron chi connectivity index (χ0n) is 7.65. The first-order valence-electron chi connectivity index (χ1n) is 4.50. The molecule has 1 aliphatic carbocycles. The molecule has 14 heavy (non-hydrogen) atoms. The van der Waals surface area contributed by atoms with Crippen molar-refractivity contribution in [2.75, 3.05) is 0 Å². The van der Waals surface area contributed by atoms with Crippen molar-refractivity contribution in [3.8, 4) is 0 Å². The summed E-state index contributed by atoms with van der Waals surface area (Å²) in [4.78, 5) is 0. The molecule has 0 fully saturated rings. The van der Waals surface area contributed by atoms with Gasteiger partial charge in [0.1, 0.15) is 11.6 Å². The van der Waals surface area contributed by atoms with Crippen LogP contribution in [0.3, 0.4) is 0 Å². The number of halogens is 3. The molecule has 0 spiro atoms. The minimum absolute atomic E-state index is 0.197. The van der Waals surface area contributed by atoms with Crippen LogP contribution in [0.5, 0.6) is 0 Å². The van der Waals surface area contributed by atoms with Crippen LogP contribution in [-0.2, 0) is 0 Å². The van der Waals surface area contributed by atoms with E-state index in [1.807, 2.05) is 0 Å².